The van der Waals surface area contributed by atoms with Gasteiger partial charge in [-0.15, -0.1) is 0 Å². The number of nitrogens with zero attached hydrogens (tertiary/aromatic N) is 3. The topological polar surface area (TPSA) is 47.0 Å². The lowest BCUT2D eigenvalue weighted by molar-refractivity contribution is 0.0175. The molecule has 0 radical (unpaired) electrons. The van der Waals surface area contributed by atoms with Gasteiger partial charge < -0.3 is 14.9 Å². The van der Waals surface area contributed by atoms with Crippen LogP contribution in [0.25, 0.3) is 0 Å². The number of urea groups is 1. The van der Waals surface area contributed by atoms with Gasteiger partial charge in [0.05, 0.1) is 26.0 Å². The van der Waals surface area contributed by atoms with Crippen LogP contribution in [0.15, 0.2) is 60.7 Å². The maximum absolute atomic E-state index is 12.4. The summed E-state index contributed by atoms with van der Waals surface area (Å²) in [6.45, 7) is 2.17. The quantitative estimate of drug-likeness (QED) is 0.919. The molecule has 0 aromatic heterocycles. The Hall–Kier alpha value is -2.37. The van der Waals surface area contributed by atoms with Crippen LogP contribution in [0, 0.1) is 0 Å². The first-order valence-corrected chi connectivity index (χ1v) is 8.13. The van der Waals surface area contributed by atoms with Gasteiger partial charge in [-0.1, -0.05) is 60.7 Å². The zero-order valence-corrected chi connectivity index (χ0v) is 13.9. The predicted octanol–water partition coefficient (Wildman–Crippen LogP) is 2.50. The minimum absolute atomic E-state index is 0.0470. The Morgan fingerprint density at radius 1 is 1.00 bits per heavy atom. The zero-order chi connectivity index (χ0) is 16.9. The van der Waals surface area contributed by atoms with Crippen LogP contribution in [0.5, 0.6) is 0 Å². The third-order valence-electron chi connectivity index (χ3n) is 4.21. The molecular formula is C19H23N3O2. The van der Waals surface area contributed by atoms with Crippen molar-refractivity contribution in [3.8, 4) is 0 Å². The Labute approximate surface area is 142 Å². The fourth-order valence-electron chi connectivity index (χ4n) is 3.02. The Balaban J connectivity index is 1.66. The number of aliphatic hydroxyl groups excluding tert-OH is 1. The van der Waals surface area contributed by atoms with Gasteiger partial charge in [-0.3, -0.25) is 4.90 Å². The average molecular weight is 325 g/mol. The predicted molar refractivity (Wildman–Crippen MR) is 93.0 cm³/mol. The SMILES string of the molecule is CN1CN(Cc2ccccc2)CN(CC(O)c2ccccc2)C1=O. The molecule has 2 aromatic carbocycles. The maximum atomic E-state index is 12.4. The number of hydrogen-bond donors (Lipinski definition) is 1. The summed E-state index contributed by atoms with van der Waals surface area (Å²) in [4.78, 5) is 18.0. The highest BCUT2D eigenvalue weighted by molar-refractivity contribution is 5.74. The van der Waals surface area contributed by atoms with E-state index in [1.807, 2.05) is 48.5 Å². The summed E-state index contributed by atoms with van der Waals surface area (Å²) in [5.41, 5.74) is 2.04. The molecule has 3 rings (SSSR count). The van der Waals surface area contributed by atoms with Crippen LogP contribution in [0.3, 0.4) is 0 Å². The molecule has 0 spiro atoms. The molecule has 0 aliphatic carbocycles. The first-order valence-electron chi connectivity index (χ1n) is 8.13. The third kappa shape index (κ3) is 3.93. The van der Waals surface area contributed by atoms with Gasteiger partial charge in [-0.05, 0) is 11.1 Å². The average Bonchev–Trinajstić information content (AvgIpc) is 2.61. The van der Waals surface area contributed by atoms with Gasteiger partial charge in [-0.25, -0.2) is 4.79 Å². The van der Waals surface area contributed by atoms with Crippen LogP contribution in [0.1, 0.15) is 17.2 Å². The lowest BCUT2D eigenvalue weighted by Crippen LogP contribution is -2.57. The van der Waals surface area contributed by atoms with E-state index >= 15 is 0 Å². The van der Waals surface area contributed by atoms with Crippen molar-refractivity contribution in [2.45, 2.75) is 12.6 Å². The maximum Gasteiger partial charge on any atom is 0.321 e. The molecule has 1 N–H and O–H groups in total. The molecule has 1 atom stereocenters. The van der Waals surface area contributed by atoms with Crippen molar-refractivity contribution in [3.63, 3.8) is 0 Å². The van der Waals surface area contributed by atoms with Crippen molar-refractivity contribution in [2.75, 3.05) is 26.9 Å². The first kappa shape index (κ1) is 16.5. The lowest BCUT2D eigenvalue weighted by atomic mass is 10.1. The number of carbonyl (C=O) groups is 1. The Morgan fingerprint density at radius 3 is 2.29 bits per heavy atom. The molecule has 2 amide bonds. The Morgan fingerprint density at radius 2 is 1.62 bits per heavy atom. The van der Waals surface area contributed by atoms with E-state index < -0.39 is 6.10 Å². The van der Waals surface area contributed by atoms with Gasteiger partial charge in [-0.2, -0.15) is 0 Å². The summed E-state index contributed by atoms with van der Waals surface area (Å²) >= 11 is 0. The number of amides is 2. The Kier molecular flexibility index (Phi) is 5.13. The van der Waals surface area contributed by atoms with Crippen LogP contribution in [0.4, 0.5) is 4.79 Å². The second kappa shape index (κ2) is 7.47. The van der Waals surface area contributed by atoms with Gasteiger partial charge in [0.1, 0.15) is 0 Å². The van der Waals surface area contributed by atoms with Gasteiger partial charge in [0, 0.05) is 13.6 Å². The first-order chi connectivity index (χ1) is 11.6. The molecule has 1 unspecified atom stereocenters. The number of carbonyl (C=O) groups excluding carboxylic acids is 1. The largest absolute Gasteiger partial charge is 0.387 e. The fourth-order valence-corrected chi connectivity index (χ4v) is 3.02. The molecule has 0 saturated carbocycles. The van der Waals surface area contributed by atoms with E-state index in [-0.39, 0.29) is 6.03 Å². The molecule has 24 heavy (non-hydrogen) atoms. The van der Waals surface area contributed by atoms with Crippen molar-refractivity contribution in [2.24, 2.45) is 0 Å². The molecular weight excluding hydrogens is 302 g/mol. The smallest absolute Gasteiger partial charge is 0.321 e. The van der Waals surface area contributed by atoms with Crippen molar-refractivity contribution < 1.29 is 9.90 Å². The minimum atomic E-state index is -0.680. The van der Waals surface area contributed by atoms with E-state index in [0.29, 0.717) is 19.9 Å². The molecule has 5 heteroatoms. The molecule has 1 fully saturated rings. The second-order valence-corrected chi connectivity index (χ2v) is 6.23. The van der Waals surface area contributed by atoms with Gasteiger partial charge in [0.2, 0.25) is 0 Å². The van der Waals surface area contributed by atoms with E-state index in [9.17, 15) is 9.90 Å². The number of aliphatic hydroxyl groups is 1. The number of rotatable bonds is 5. The highest BCUT2D eigenvalue weighted by atomic mass is 16.3. The zero-order valence-electron chi connectivity index (χ0n) is 13.9. The molecule has 2 aromatic rings. The van der Waals surface area contributed by atoms with E-state index in [2.05, 4.69) is 17.0 Å². The summed E-state index contributed by atoms with van der Waals surface area (Å²) in [6, 6.07) is 19.6. The van der Waals surface area contributed by atoms with Crippen LogP contribution in [-0.4, -0.2) is 52.8 Å². The molecule has 1 aliphatic rings. The molecule has 0 bridgehead atoms. The molecule has 1 heterocycles. The van der Waals surface area contributed by atoms with Crippen molar-refractivity contribution in [1.29, 1.82) is 0 Å². The monoisotopic (exact) mass is 325 g/mol. The van der Waals surface area contributed by atoms with Crippen LogP contribution in [-0.2, 0) is 6.54 Å². The number of β-amino-alcohol motifs (C(OH)–C–C–N with tert-alkyl or cyclic N) is 1. The lowest BCUT2D eigenvalue weighted by Gasteiger charge is -2.41. The fraction of sp³-hybridized carbons (Fsp3) is 0.316. The molecule has 1 aliphatic heterocycles. The van der Waals surface area contributed by atoms with E-state index in [4.69, 9.17) is 0 Å². The number of hydrogen-bond acceptors (Lipinski definition) is 3. The van der Waals surface area contributed by atoms with Crippen molar-refractivity contribution in [1.82, 2.24) is 14.7 Å². The third-order valence-corrected chi connectivity index (χ3v) is 4.21. The summed E-state index contributed by atoms with van der Waals surface area (Å²) < 4.78 is 0. The Bertz CT molecular complexity index is 663. The minimum Gasteiger partial charge on any atom is -0.387 e. The van der Waals surface area contributed by atoms with Crippen LogP contribution < -0.4 is 0 Å². The van der Waals surface area contributed by atoms with Crippen molar-refractivity contribution in [3.05, 3.63) is 71.8 Å². The summed E-state index contributed by atoms with van der Waals surface area (Å²) in [5, 5.41) is 10.4. The number of benzene rings is 2. The van der Waals surface area contributed by atoms with Gasteiger partial charge >= 0.3 is 6.03 Å². The van der Waals surface area contributed by atoms with Gasteiger partial charge in [0.15, 0.2) is 0 Å². The highest BCUT2D eigenvalue weighted by Gasteiger charge is 2.29. The normalized spacial score (nSPS) is 17.2. The standard InChI is InChI=1S/C19H23N3O2/c1-20-14-21(12-16-8-4-2-5-9-16)15-22(19(20)24)13-18(23)17-10-6-3-7-11-17/h2-11,18,23H,12-15H2,1H3. The summed E-state index contributed by atoms with van der Waals surface area (Å²) in [5.74, 6) is 0. The van der Waals surface area contributed by atoms with E-state index in [1.54, 1.807) is 16.8 Å². The van der Waals surface area contributed by atoms with E-state index in [1.165, 1.54) is 5.56 Å². The van der Waals surface area contributed by atoms with Gasteiger partial charge in [0.25, 0.3) is 0 Å². The summed E-state index contributed by atoms with van der Waals surface area (Å²) in [6.07, 6.45) is -0.680. The highest BCUT2D eigenvalue weighted by Crippen LogP contribution is 2.18. The van der Waals surface area contributed by atoms with Crippen molar-refractivity contribution >= 4 is 6.03 Å². The second-order valence-electron chi connectivity index (χ2n) is 6.23. The molecule has 1 saturated heterocycles. The van der Waals surface area contributed by atoms with E-state index in [0.717, 1.165) is 12.1 Å². The molecule has 126 valence electrons. The van der Waals surface area contributed by atoms with Crippen LogP contribution >= 0.6 is 0 Å². The van der Waals surface area contributed by atoms with Crippen LogP contribution in [0.2, 0.25) is 0 Å². The summed E-state index contributed by atoms with van der Waals surface area (Å²) in [7, 11) is 1.79. The molecule has 5 nitrogen and oxygen atoms in total.